The molecule has 1 atom stereocenters. The van der Waals surface area contributed by atoms with Gasteiger partial charge in [-0.3, -0.25) is 9.78 Å². The number of nitrogens with zero attached hydrogens (tertiary/aromatic N) is 5. The van der Waals surface area contributed by atoms with Crippen LogP contribution < -0.4 is 0 Å². The number of carbonyl (C=O) groups is 1. The summed E-state index contributed by atoms with van der Waals surface area (Å²) in [6.07, 6.45) is 6.28. The van der Waals surface area contributed by atoms with E-state index in [1.54, 1.807) is 18.0 Å². The zero-order valence-electron chi connectivity index (χ0n) is 10.5. The van der Waals surface area contributed by atoms with Crippen molar-refractivity contribution in [2.45, 2.75) is 25.8 Å². The van der Waals surface area contributed by atoms with Crippen LogP contribution in [0.1, 0.15) is 41.1 Å². The number of carbonyl (C=O) groups excluding carboxylic acids is 1. The van der Waals surface area contributed by atoms with Crippen LogP contribution in [0.5, 0.6) is 0 Å². The van der Waals surface area contributed by atoms with E-state index in [1.165, 1.54) is 12.4 Å². The summed E-state index contributed by atoms with van der Waals surface area (Å²) in [5.74, 6) is 0.930. The predicted octanol–water partition coefficient (Wildman–Crippen LogP) is 1.15. The van der Waals surface area contributed by atoms with E-state index >= 15 is 0 Å². The second kappa shape index (κ2) is 4.75. The number of likely N-dealkylation sites (tertiary alicyclic amines) is 1. The first-order chi connectivity index (χ1) is 9.25. The fourth-order valence-electron chi connectivity index (χ4n) is 2.29. The summed E-state index contributed by atoms with van der Waals surface area (Å²) in [6.45, 7) is 2.41. The lowest BCUT2D eigenvalue weighted by molar-refractivity contribution is 0.0722. The molecule has 0 bridgehead atoms. The van der Waals surface area contributed by atoms with Crippen molar-refractivity contribution in [1.82, 2.24) is 25.0 Å². The average Bonchev–Trinajstić information content (AvgIpc) is 3.07. The SMILES string of the molecule is Cc1nc([C@@H]2CCCN2C(=O)c2cnccn2)no1. The molecule has 0 aliphatic carbocycles. The van der Waals surface area contributed by atoms with E-state index in [9.17, 15) is 4.79 Å². The highest BCUT2D eigenvalue weighted by Gasteiger charge is 2.34. The predicted molar refractivity (Wildman–Crippen MR) is 64.1 cm³/mol. The Labute approximate surface area is 109 Å². The molecule has 2 aromatic rings. The lowest BCUT2D eigenvalue weighted by atomic mass is 10.2. The van der Waals surface area contributed by atoms with Crippen molar-refractivity contribution in [2.24, 2.45) is 0 Å². The van der Waals surface area contributed by atoms with Gasteiger partial charge in [-0.05, 0) is 12.8 Å². The highest BCUT2D eigenvalue weighted by molar-refractivity contribution is 5.92. The molecule has 3 heterocycles. The highest BCUT2D eigenvalue weighted by Crippen LogP contribution is 2.30. The topological polar surface area (TPSA) is 85.0 Å². The fourth-order valence-corrected chi connectivity index (χ4v) is 2.29. The van der Waals surface area contributed by atoms with Crippen LogP contribution in [0.4, 0.5) is 0 Å². The molecule has 3 rings (SSSR count). The molecular formula is C12H13N5O2. The van der Waals surface area contributed by atoms with Gasteiger partial charge in [0.1, 0.15) is 5.69 Å². The first-order valence-corrected chi connectivity index (χ1v) is 6.13. The molecule has 0 N–H and O–H groups in total. The van der Waals surface area contributed by atoms with E-state index in [2.05, 4.69) is 20.1 Å². The van der Waals surface area contributed by atoms with Gasteiger partial charge in [0.25, 0.3) is 5.91 Å². The maximum Gasteiger partial charge on any atom is 0.274 e. The first kappa shape index (κ1) is 11.8. The summed E-state index contributed by atoms with van der Waals surface area (Å²) >= 11 is 0. The van der Waals surface area contributed by atoms with E-state index < -0.39 is 0 Å². The molecule has 1 saturated heterocycles. The highest BCUT2D eigenvalue weighted by atomic mass is 16.5. The molecule has 2 aromatic heterocycles. The third-order valence-corrected chi connectivity index (χ3v) is 3.14. The quantitative estimate of drug-likeness (QED) is 0.804. The second-order valence-corrected chi connectivity index (χ2v) is 4.42. The van der Waals surface area contributed by atoms with Crippen LogP contribution in [0.3, 0.4) is 0 Å². The van der Waals surface area contributed by atoms with E-state index in [1.807, 2.05) is 0 Å². The Kier molecular flexibility index (Phi) is 2.94. The third kappa shape index (κ3) is 2.18. The molecule has 7 heteroatoms. The lowest BCUT2D eigenvalue weighted by Crippen LogP contribution is -2.31. The summed E-state index contributed by atoms with van der Waals surface area (Å²) < 4.78 is 4.98. The molecular weight excluding hydrogens is 246 g/mol. The number of aryl methyl sites for hydroxylation is 1. The monoisotopic (exact) mass is 259 g/mol. The van der Waals surface area contributed by atoms with E-state index in [0.29, 0.717) is 24.0 Å². The van der Waals surface area contributed by atoms with Gasteiger partial charge in [-0.15, -0.1) is 0 Å². The number of amides is 1. The van der Waals surface area contributed by atoms with E-state index in [0.717, 1.165) is 12.8 Å². The molecule has 0 unspecified atom stereocenters. The molecule has 98 valence electrons. The van der Waals surface area contributed by atoms with Crippen molar-refractivity contribution in [3.63, 3.8) is 0 Å². The van der Waals surface area contributed by atoms with Crippen LogP contribution in [0.2, 0.25) is 0 Å². The number of hydrogen-bond donors (Lipinski definition) is 0. The Balaban J connectivity index is 1.86. The molecule has 1 fully saturated rings. The van der Waals surface area contributed by atoms with Gasteiger partial charge in [0, 0.05) is 25.9 Å². The minimum absolute atomic E-state index is 0.132. The normalized spacial score (nSPS) is 18.8. The van der Waals surface area contributed by atoms with Crippen LogP contribution in [-0.4, -0.2) is 37.5 Å². The van der Waals surface area contributed by atoms with Crippen LogP contribution in [0.25, 0.3) is 0 Å². The molecule has 7 nitrogen and oxygen atoms in total. The van der Waals surface area contributed by atoms with Crippen LogP contribution >= 0.6 is 0 Å². The zero-order valence-corrected chi connectivity index (χ0v) is 10.5. The molecule has 19 heavy (non-hydrogen) atoms. The van der Waals surface area contributed by atoms with Crippen LogP contribution in [0.15, 0.2) is 23.1 Å². The second-order valence-electron chi connectivity index (χ2n) is 4.42. The third-order valence-electron chi connectivity index (χ3n) is 3.14. The Hall–Kier alpha value is -2.31. The molecule has 1 aliphatic heterocycles. The summed E-state index contributed by atoms with van der Waals surface area (Å²) in [5, 5.41) is 3.91. The van der Waals surface area contributed by atoms with E-state index in [-0.39, 0.29) is 11.9 Å². The van der Waals surface area contributed by atoms with Crippen molar-refractivity contribution in [1.29, 1.82) is 0 Å². The molecule has 1 amide bonds. The smallest absolute Gasteiger partial charge is 0.274 e. The summed E-state index contributed by atoms with van der Waals surface area (Å²) in [5.41, 5.74) is 0.342. The lowest BCUT2D eigenvalue weighted by Gasteiger charge is -2.21. The van der Waals surface area contributed by atoms with Gasteiger partial charge in [0.05, 0.1) is 12.2 Å². The Morgan fingerprint density at radius 1 is 1.47 bits per heavy atom. The zero-order chi connectivity index (χ0) is 13.2. The molecule has 0 radical (unpaired) electrons. The van der Waals surface area contributed by atoms with Gasteiger partial charge < -0.3 is 9.42 Å². The van der Waals surface area contributed by atoms with Gasteiger partial charge in [-0.1, -0.05) is 5.16 Å². The Morgan fingerprint density at radius 3 is 3.05 bits per heavy atom. The number of rotatable bonds is 2. The minimum atomic E-state index is -0.141. The van der Waals surface area contributed by atoms with Crippen molar-refractivity contribution in [3.8, 4) is 0 Å². The van der Waals surface area contributed by atoms with Gasteiger partial charge in [-0.25, -0.2) is 4.98 Å². The van der Waals surface area contributed by atoms with Crippen LogP contribution in [-0.2, 0) is 0 Å². The van der Waals surface area contributed by atoms with Gasteiger partial charge >= 0.3 is 0 Å². The molecule has 0 saturated carbocycles. The molecule has 1 aliphatic rings. The van der Waals surface area contributed by atoms with Crippen molar-refractivity contribution < 1.29 is 9.32 Å². The molecule has 0 spiro atoms. The van der Waals surface area contributed by atoms with Gasteiger partial charge in [-0.2, -0.15) is 4.98 Å². The maximum atomic E-state index is 12.4. The number of aromatic nitrogens is 4. The van der Waals surface area contributed by atoms with Gasteiger partial charge in [0.2, 0.25) is 5.89 Å². The van der Waals surface area contributed by atoms with Crippen molar-refractivity contribution in [3.05, 3.63) is 36.0 Å². The summed E-state index contributed by atoms with van der Waals surface area (Å²) in [6, 6.07) is -0.132. The molecule has 0 aromatic carbocycles. The van der Waals surface area contributed by atoms with E-state index in [4.69, 9.17) is 4.52 Å². The van der Waals surface area contributed by atoms with Crippen LogP contribution in [0, 0.1) is 6.92 Å². The van der Waals surface area contributed by atoms with Crippen molar-refractivity contribution >= 4 is 5.91 Å². The average molecular weight is 259 g/mol. The summed E-state index contributed by atoms with van der Waals surface area (Å²) in [7, 11) is 0. The Bertz CT molecular complexity index is 583. The summed E-state index contributed by atoms with van der Waals surface area (Å²) in [4.78, 5) is 26.3. The Morgan fingerprint density at radius 2 is 2.37 bits per heavy atom. The number of hydrogen-bond acceptors (Lipinski definition) is 6. The minimum Gasteiger partial charge on any atom is -0.340 e. The fraction of sp³-hybridized carbons (Fsp3) is 0.417. The standard InChI is InChI=1S/C12H13N5O2/c1-8-15-11(16-19-8)10-3-2-6-17(10)12(18)9-7-13-4-5-14-9/h4-5,7,10H,2-3,6H2,1H3/t10-/m0/s1. The van der Waals surface area contributed by atoms with Crippen molar-refractivity contribution in [2.75, 3.05) is 6.54 Å². The largest absolute Gasteiger partial charge is 0.340 e. The van der Waals surface area contributed by atoms with Gasteiger partial charge in [0.15, 0.2) is 5.82 Å². The maximum absolute atomic E-state index is 12.4. The first-order valence-electron chi connectivity index (χ1n) is 6.13.